The predicted molar refractivity (Wildman–Crippen MR) is 44.4 cm³/mol. The monoisotopic (exact) mass is 177 g/mol. The minimum Gasteiger partial charge on any atom is -0.288 e. The second kappa shape index (κ2) is 2.87. The van der Waals surface area contributed by atoms with Gasteiger partial charge in [-0.25, -0.2) is 10.00 Å². The van der Waals surface area contributed by atoms with E-state index in [-0.39, 0.29) is 0 Å². The van der Waals surface area contributed by atoms with Crippen molar-refractivity contribution in [2.24, 2.45) is 0 Å². The number of rotatable bonds is 1. The van der Waals surface area contributed by atoms with Gasteiger partial charge in [0, 0.05) is 6.20 Å². The minimum absolute atomic E-state index is 0.304. The Labute approximate surface area is 73.6 Å². The van der Waals surface area contributed by atoms with Crippen molar-refractivity contribution < 1.29 is 10.0 Å². The number of fused-ring (bicyclic) bond motifs is 1. The van der Waals surface area contributed by atoms with Gasteiger partial charge in [0.15, 0.2) is 0 Å². The molecule has 2 heterocycles. The summed E-state index contributed by atoms with van der Waals surface area (Å²) in [5, 5.41) is 12.4. The molecule has 2 aromatic heterocycles. The molecular formula is C8H7N3O2. The highest BCUT2D eigenvalue weighted by Crippen LogP contribution is 2.06. The number of hydrogen-bond donors (Lipinski definition) is 2. The van der Waals surface area contributed by atoms with Gasteiger partial charge in [-0.1, -0.05) is 0 Å². The molecule has 5 heteroatoms. The summed E-state index contributed by atoms with van der Waals surface area (Å²) in [4.78, 5) is 11.1. The highest BCUT2D eigenvalue weighted by molar-refractivity contribution is 5.92. The summed E-state index contributed by atoms with van der Waals surface area (Å²) in [6.45, 7) is 0. The molecule has 2 rings (SSSR count). The number of carbonyl (C=O) groups excluding carboxylic acids is 1. The Hall–Kier alpha value is -1.88. The second-order valence-electron chi connectivity index (χ2n) is 2.52. The third-order valence-electron chi connectivity index (χ3n) is 1.75. The van der Waals surface area contributed by atoms with E-state index in [9.17, 15) is 4.79 Å². The topological polar surface area (TPSA) is 66.6 Å². The molecule has 2 N–H and O–H groups in total. The first kappa shape index (κ1) is 7.75. The van der Waals surface area contributed by atoms with E-state index in [2.05, 4.69) is 5.10 Å². The van der Waals surface area contributed by atoms with Gasteiger partial charge in [-0.05, 0) is 24.3 Å². The molecular weight excluding hydrogens is 170 g/mol. The summed E-state index contributed by atoms with van der Waals surface area (Å²) < 4.78 is 1.45. The first-order valence-electron chi connectivity index (χ1n) is 3.70. The van der Waals surface area contributed by atoms with Crippen molar-refractivity contribution in [2.45, 2.75) is 0 Å². The molecule has 0 fully saturated rings. The molecule has 0 aliphatic rings. The fourth-order valence-electron chi connectivity index (χ4n) is 1.18. The molecule has 0 saturated carbocycles. The summed E-state index contributed by atoms with van der Waals surface area (Å²) in [7, 11) is 0. The van der Waals surface area contributed by atoms with Crippen LogP contribution in [0.15, 0.2) is 30.5 Å². The molecule has 0 spiro atoms. The Morgan fingerprint density at radius 3 is 3.08 bits per heavy atom. The normalized spacial score (nSPS) is 10.2. The van der Waals surface area contributed by atoms with E-state index in [1.165, 1.54) is 4.52 Å². The van der Waals surface area contributed by atoms with E-state index in [0.29, 0.717) is 5.69 Å². The van der Waals surface area contributed by atoms with Gasteiger partial charge < -0.3 is 0 Å². The first-order chi connectivity index (χ1) is 6.33. The minimum atomic E-state index is -0.571. The van der Waals surface area contributed by atoms with Crippen LogP contribution in [-0.4, -0.2) is 20.7 Å². The molecule has 0 saturated heterocycles. The highest BCUT2D eigenvalue weighted by atomic mass is 16.5. The lowest BCUT2D eigenvalue weighted by atomic mass is 10.4. The molecule has 5 nitrogen and oxygen atoms in total. The van der Waals surface area contributed by atoms with Gasteiger partial charge in [0.2, 0.25) is 0 Å². The van der Waals surface area contributed by atoms with Crippen molar-refractivity contribution in [3.63, 3.8) is 0 Å². The lowest BCUT2D eigenvalue weighted by molar-refractivity contribution is 0.0698. The van der Waals surface area contributed by atoms with Gasteiger partial charge in [-0.15, -0.1) is 0 Å². The number of nitrogens with one attached hydrogen (secondary N) is 1. The van der Waals surface area contributed by atoms with Crippen LogP contribution in [0.5, 0.6) is 0 Å². The lowest BCUT2D eigenvalue weighted by Crippen LogP contribution is -2.20. The van der Waals surface area contributed by atoms with Crippen molar-refractivity contribution in [2.75, 3.05) is 0 Å². The standard InChI is InChI=1S/C8H7N3O2/c12-8(10-13)7-4-3-6-2-1-5-9-11(6)7/h1-5,13H,(H,10,12). The highest BCUT2D eigenvalue weighted by Gasteiger charge is 2.09. The van der Waals surface area contributed by atoms with Gasteiger partial charge in [0.05, 0.1) is 5.52 Å². The summed E-state index contributed by atoms with van der Waals surface area (Å²) >= 11 is 0. The van der Waals surface area contributed by atoms with Gasteiger partial charge in [-0.2, -0.15) is 5.10 Å². The molecule has 0 aliphatic carbocycles. The van der Waals surface area contributed by atoms with E-state index >= 15 is 0 Å². The zero-order valence-electron chi connectivity index (χ0n) is 6.64. The summed E-state index contributed by atoms with van der Waals surface area (Å²) in [5.74, 6) is -0.571. The number of hydrogen-bond acceptors (Lipinski definition) is 3. The summed E-state index contributed by atoms with van der Waals surface area (Å²) in [6, 6.07) is 6.93. The molecule has 0 aromatic carbocycles. The average molecular weight is 177 g/mol. The molecule has 0 aliphatic heterocycles. The van der Waals surface area contributed by atoms with Crippen molar-refractivity contribution in [1.29, 1.82) is 0 Å². The predicted octanol–water partition coefficient (Wildman–Crippen LogP) is 0.453. The van der Waals surface area contributed by atoms with Crippen LogP contribution >= 0.6 is 0 Å². The van der Waals surface area contributed by atoms with E-state index < -0.39 is 5.91 Å². The summed E-state index contributed by atoms with van der Waals surface area (Å²) in [6.07, 6.45) is 1.57. The Morgan fingerprint density at radius 2 is 2.31 bits per heavy atom. The zero-order valence-corrected chi connectivity index (χ0v) is 6.64. The number of amides is 1. The van der Waals surface area contributed by atoms with Crippen LogP contribution < -0.4 is 5.48 Å². The van der Waals surface area contributed by atoms with Crippen LogP contribution in [0.25, 0.3) is 5.52 Å². The molecule has 66 valence electrons. The van der Waals surface area contributed by atoms with E-state index in [1.54, 1.807) is 29.9 Å². The van der Waals surface area contributed by atoms with Crippen molar-refractivity contribution in [1.82, 2.24) is 15.1 Å². The smallest absolute Gasteiger partial charge is 0.288 e. The molecule has 1 amide bonds. The quantitative estimate of drug-likeness (QED) is 0.491. The number of carbonyl (C=O) groups is 1. The van der Waals surface area contributed by atoms with Gasteiger partial charge in [0.25, 0.3) is 5.91 Å². The van der Waals surface area contributed by atoms with Crippen LogP contribution in [0.2, 0.25) is 0 Å². The second-order valence-corrected chi connectivity index (χ2v) is 2.52. The number of hydroxylamine groups is 1. The first-order valence-corrected chi connectivity index (χ1v) is 3.70. The number of aromatic nitrogens is 2. The Balaban J connectivity index is 2.64. The van der Waals surface area contributed by atoms with E-state index in [4.69, 9.17) is 5.21 Å². The largest absolute Gasteiger partial charge is 0.293 e. The Kier molecular flexibility index (Phi) is 1.71. The number of nitrogens with zero attached hydrogens (tertiary/aromatic N) is 2. The third-order valence-corrected chi connectivity index (χ3v) is 1.75. The van der Waals surface area contributed by atoms with Crippen LogP contribution in [0.3, 0.4) is 0 Å². The average Bonchev–Trinajstić information content (AvgIpc) is 2.60. The molecule has 0 radical (unpaired) electrons. The van der Waals surface area contributed by atoms with Crippen LogP contribution in [0.4, 0.5) is 0 Å². The van der Waals surface area contributed by atoms with Gasteiger partial charge >= 0.3 is 0 Å². The SMILES string of the molecule is O=C(NO)c1ccc2cccnn12. The molecule has 0 atom stereocenters. The van der Waals surface area contributed by atoms with Gasteiger partial charge in [0.1, 0.15) is 5.69 Å². The van der Waals surface area contributed by atoms with Crippen molar-refractivity contribution in [3.8, 4) is 0 Å². The Bertz CT molecular complexity index is 449. The molecule has 0 unspecified atom stereocenters. The molecule has 13 heavy (non-hydrogen) atoms. The van der Waals surface area contributed by atoms with Crippen molar-refractivity contribution >= 4 is 11.4 Å². The van der Waals surface area contributed by atoms with Crippen LogP contribution in [-0.2, 0) is 0 Å². The maximum absolute atomic E-state index is 11.1. The lowest BCUT2D eigenvalue weighted by Gasteiger charge is -1.97. The van der Waals surface area contributed by atoms with Crippen molar-refractivity contribution in [3.05, 3.63) is 36.2 Å². The van der Waals surface area contributed by atoms with E-state index in [0.717, 1.165) is 5.52 Å². The fraction of sp³-hybridized carbons (Fsp3) is 0. The summed E-state index contributed by atoms with van der Waals surface area (Å²) in [5.41, 5.74) is 2.67. The maximum atomic E-state index is 11.1. The zero-order chi connectivity index (χ0) is 9.26. The third kappa shape index (κ3) is 1.15. The van der Waals surface area contributed by atoms with E-state index in [1.807, 2.05) is 6.07 Å². The molecule has 0 bridgehead atoms. The molecule has 2 aromatic rings. The maximum Gasteiger partial charge on any atom is 0.293 e. The van der Waals surface area contributed by atoms with Crippen LogP contribution in [0, 0.1) is 0 Å². The fourth-order valence-corrected chi connectivity index (χ4v) is 1.18. The Morgan fingerprint density at radius 1 is 1.46 bits per heavy atom. The van der Waals surface area contributed by atoms with Crippen LogP contribution in [0.1, 0.15) is 10.5 Å². The van der Waals surface area contributed by atoms with Gasteiger partial charge in [-0.3, -0.25) is 10.0 Å².